The summed E-state index contributed by atoms with van der Waals surface area (Å²) in [4.78, 5) is 45.7. The second-order valence-electron chi connectivity index (χ2n) is 11.9. The number of piperazine rings is 1. The highest BCUT2D eigenvalue weighted by Gasteiger charge is 2.52. The minimum atomic E-state index is -0.757. The summed E-state index contributed by atoms with van der Waals surface area (Å²) in [6, 6.07) is 6.60. The zero-order valence-corrected chi connectivity index (χ0v) is 21.6. The molecule has 196 valence electrons. The van der Waals surface area contributed by atoms with E-state index in [-0.39, 0.29) is 36.2 Å². The van der Waals surface area contributed by atoms with Gasteiger partial charge in [0.05, 0.1) is 6.04 Å². The number of hydrogen-bond donors (Lipinski definition) is 2. The van der Waals surface area contributed by atoms with Gasteiger partial charge in [-0.2, -0.15) is 0 Å². The molecule has 4 aliphatic rings. The van der Waals surface area contributed by atoms with Gasteiger partial charge >= 0.3 is 0 Å². The summed E-state index contributed by atoms with van der Waals surface area (Å²) in [6.07, 6.45) is 2.64. The predicted molar refractivity (Wildman–Crippen MR) is 137 cm³/mol. The Morgan fingerprint density at radius 1 is 1.11 bits per heavy atom. The highest BCUT2D eigenvalue weighted by molar-refractivity contribution is 5.99. The third kappa shape index (κ3) is 5.28. The lowest BCUT2D eigenvalue weighted by atomic mass is 9.87. The van der Waals surface area contributed by atoms with Crippen LogP contribution in [0.15, 0.2) is 24.3 Å². The third-order valence-corrected chi connectivity index (χ3v) is 7.80. The summed E-state index contributed by atoms with van der Waals surface area (Å²) in [5, 5.41) is 2.96. The molecule has 3 aliphatic heterocycles. The van der Waals surface area contributed by atoms with Crippen molar-refractivity contribution >= 4 is 23.3 Å². The van der Waals surface area contributed by atoms with Gasteiger partial charge in [-0.25, -0.2) is 0 Å². The van der Waals surface area contributed by atoms with E-state index in [9.17, 15) is 14.4 Å². The van der Waals surface area contributed by atoms with E-state index in [1.807, 2.05) is 45.0 Å². The summed E-state index contributed by atoms with van der Waals surface area (Å²) < 4.78 is 5.53. The highest BCUT2D eigenvalue weighted by atomic mass is 16.5. The minimum Gasteiger partial charge on any atom is -0.369 e. The van der Waals surface area contributed by atoms with E-state index in [0.717, 1.165) is 37.9 Å². The topological polar surface area (TPSA) is 108 Å². The Morgan fingerprint density at radius 3 is 2.39 bits per heavy atom. The van der Waals surface area contributed by atoms with Crippen LogP contribution < -0.4 is 16.0 Å². The van der Waals surface area contributed by atoms with Gasteiger partial charge in [-0.15, -0.1) is 0 Å². The van der Waals surface area contributed by atoms with Crippen molar-refractivity contribution < 1.29 is 19.1 Å². The van der Waals surface area contributed by atoms with Crippen LogP contribution in [0.4, 0.5) is 5.69 Å². The maximum atomic E-state index is 13.6. The van der Waals surface area contributed by atoms with Crippen molar-refractivity contribution in [1.82, 2.24) is 15.1 Å². The molecule has 0 bridgehead atoms. The van der Waals surface area contributed by atoms with Crippen LogP contribution in [-0.2, 0) is 14.3 Å². The molecule has 1 saturated carbocycles. The van der Waals surface area contributed by atoms with Gasteiger partial charge in [-0.1, -0.05) is 20.8 Å². The molecule has 1 aromatic carbocycles. The summed E-state index contributed by atoms with van der Waals surface area (Å²) in [7, 11) is 0. The Morgan fingerprint density at radius 2 is 1.78 bits per heavy atom. The van der Waals surface area contributed by atoms with Crippen molar-refractivity contribution in [1.29, 1.82) is 0 Å². The van der Waals surface area contributed by atoms with Crippen molar-refractivity contribution in [2.75, 3.05) is 44.2 Å². The van der Waals surface area contributed by atoms with Gasteiger partial charge in [0.15, 0.2) is 5.78 Å². The monoisotopic (exact) mass is 497 g/mol. The smallest absolute Gasteiger partial charge is 0.251 e. The Balaban J connectivity index is 1.25. The number of nitrogens with one attached hydrogen (secondary N) is 1. The molecule has 9 heteroatoms. The fourth-order valence-corrected chi connectivity index (χ4v) is 5.78. The van der Waals surface area contributed by atoms with Crippen LogP contribution >= 0.6 is 0 Å². The second-order valence-corrected chi connectivity index (χ2v) is 11.9. The molecule has 4 atom stereocenters. The lowest BCUT2D eigenvalue weighted by Crippen LogP contribution is -2.53. The number of amides is 2. The Kier molecular flexibility index (Phi) is 6.82. The largest absolute Gasteiger partial charge is 0.369 e. The van der Waals surface area contributed by atoms with Gasteiger partial charge in [0.25, 0.3) is 5.91 Å². The highest BCUT2D eigenvalue weighted by Crippen LogP contribution is 2.30. The number of nitrogens with two attached hydrogens (primary N) is 1. The first kappa shape index (κ1) is 25.2. The molecule has 1 unspecified atom stereocenters. The van der Waals surface area contributed by atoms with Crippen LogP contribution in [0, 0.1) is 5.41 Å². The molecular weight excluding hydrogens is 458 g/mol. The summed E-state index contributed by atoms with van der Waals surface area (Å²) >= 11 is 0. The minimum absolute atomic E-state index is 0.0227. The van der Waals surface area contributed by atoms with E-state index in [1.165, 1.54) is 17.7 Å². The molecule has 0 radical (unpaired) electrons. The SMILES string of the molecule is CC(C)(C)CC(NC(=O)c1ccc(N2CCN(C3CC3)CC2)cc1)C(=O)N1C[C@@H](N)[C@H]2OCC(=O)[C@H]21. The number of anilines is 1. The number of fused-ring (bicyclic) bond motifs is 1. The Hall–Kier alpha value is -2.49. The van der Waals surface area contributed by atoms with Gasteiger partial charge in [0.1, 0.15) is 24.8 Å². The predicted octanol–water partition coefficient (Wildman–Crippen LogP) is 1.01. The van der Waals surface area contributed by atoms with Gasteiger partial charge in [-0.05, 0) is 48.9 Å². The number of likely N-dealkylation sites (tertiary alicyclic amines) is 1. The van der Waals surface area contributed by atoms with Crippen LogP contribution in [0.25, 0.3) is 0 Å². The van der Waals surface area contributed by atoms with Crippen molar-refractivity contribution in [2.24, 2.45) is 11.1 Å². The number of Topliss-reactive ketones (excluding diaryl/α,β-unsaturated/α-hetero) is 1. The normalized spacial score (nSPS) is 27.8. The van der Waals surface area contributed by atoms with Crippen molar-refractivity contribution in [2.45, 2.75) is 70.3 Å². The van der Waals surface area contributed by atoms with E-state index in [2.05, 4.69) is 15.1 Å². The van der Waals surface area contributed by atoms with Crippen LogP contribution in [0.5, 0.6) is 0 Å². The molecule has 36 heavy (non-hydrogen) atoms. The van der Waals surface area contributed by atoms with Crippen LogP contribution in [0.2, 0.25) is 0 Å². The molecule has 3 N–H and O–H groups in total. The lowest BCUT2D eigenvalue weighted by molar-refractivity contribution is -0.138. The average Bonchev–Trinajstić information content (AvgIpc) is 3.55. The van der Waals surface area contributed by atoms with Gasteiger partial charge in [0, 0.05) is 50.0 Å². The number of benzene rings is 1. The van der Waals surface area contributed by atoms with E-state index in [0.29, 0.717) is 12.0 Å². The first-order chi connectivity index (χ1) is 17.1. The molecule has 0 spiro atoms. The lowest BCUT2D eigenvalue weighted by Gasteiger charge is -2.36. The van der Waals surface area contributed by atoms with Crippen LogP contribution in [0.1, 0.15) is 50.4 Å². The van der Waals surface area contributed by atoms with Crippen molar-refractivity contribution in [3.63, 3.8) is 0 Å². The number of nitrogens with zero attached hydrogens (tertiary/aromatic N) is 3. The molecule has 2 amide bonds. The maximum absolute atomic E-state index is 13.6. The molecule has 5 rings (SSSR count). The second kappa shape index (κ2) is 9.76. The van der Waals surface area contributed by atoms with Crippen LogP contribution in [0.3, 0.4) is 0 Å². The zero-order valence-electron chi connectivity index (χ0n) is 21.6. The van der Waals surface area contributed by atoms with Crippen molar-refractivity contribution in [3.8, 4) is 0 Å². The quantitative estimate of drug-likeness (QED) is 0.604. The Bertz CT molecular complexity index is 994. The number of ether oxygens (including phenoxy) is 1. The van der Waals surface area contributed by atoms with Gasteiger partial charge in [0.2, 0.25) is 5.91 Å². The maximum Gasteiger partial charge on any atom is 0.251 e. The van der Waals surface area contributed by atoms with Gasteiger partial charge < -0.3 is 25.6 Å². The molecular formula is C27H39N5O4. The molecule has 3 heterocycles. The first-order valence-electron chi connectivity index (χ1n) is 13.2. The van der Waals surface area contributed by atoms with Crippen molar-refractivity contribution in [3.05, 3.63) is 29.8 Å². The molecule has 1 aliphatic carbocycles. The van der Waals surface area contributed by atoms with E-state index >= 15 is 0 Å². The van der Waals surface area contributed by atoms with Gasteiger partial charge in [-0.3, -0.25) is 19.3 Å². The Labute approximate surface area is 213 Å². The fraction of sp³-hybridized carbons (Fsp3) is 0.667. The third-order valence-electron chi connectivity index (χ3n) is 7.80. The summed E-state index contributed by atoms with van der Waals surface area (Å²) in [6.45, 7) is 10.5. The van der Waals surface area contributed by atoms with E-state index in [1.54, 1.807) is 0 Å². The van der Waals surface area contributed by atoms with E-state index < -0.39 is 24.2 Å². The van der Waals surface area contributed by atoms with Crippen LogP contribution in [-0.4, -0.2) is 97.0 Å². The van der Waals surface area contributed by atoms with E-state index in [4.69, 9.17) is 10.5 Å². The number of hydrogen-bond acceptors (Lipinski definition) is 7. The standard InChI is InChI=1S/C27H39N5O4/c1-27(2,3)14-21(26(35)32-15-20(28)24-23(32)22(33)16-36-24)29-25(34)17-4-6-18(7-5-17)30-10-12-31(13-11-30)19-8-9-19/h4-7,19-21,23-24H,8-16,28H2,1-3H3,(H,29,34)/t20-,21?,23-,24-/m1/s1. The molecule has 3 saturated heterocycles. The fourth-order valence-electron chi connectivity index (χ4n) is 5.78. The summed E-state index contributed by atoms with van der Waals surface area (Å²) in [5.41, 5.74) is 7.58. The number of rotatable bonds is 6. The zero-order chi connectivity index (χ0) is 25.6. The number of ketones is 1. The number of carbonyl (C=O) groups is 3. The average molecular weight is 498 g/mol. The molecule has 9 nitrogen and oxygen atoms in total. The first-order valence-corrected chi connectivity index (χ1v) is 13.2. The number of carbonyl (C=O) groups excluding carboxylic acids is 3. The summed E-state index contributed by atoms with van der Waals surface area (Å²) in [5.74, 6) is -0.697. The molecule has 1 aromatic rings. The molecule has 4 fully saturated rings. The molecule has 0 aromatic heterocycles.